The SMILES string of the molecule is C=C(C)C(=O)SC. The highest BCUT2D eigenvalue weighted by Gasteiger charge is 1.94. The summed E-state index contributed by atoms with van der Waals surface area (Å²) in [4.78, 5) is 10.4. The van der Waals surface area contributed by atoms with Crippen molar-refractivity contribution in [3.8, 4) is 0 Å². The molecule has 0 unspecified atom stereocenters. The zero-order valence-corrected chi connectivity index (χ0v) is 5.34. The normalized spacial score (nSPS) is 8.29. The molecular formula is C5H8OS. The topological polar surface area (TPSA) is 17.1 Å². The summed E-state index contributed by atoms with van der Waals surface area (Å²) in [6.07, 6.45) is 1.75. The third-order valence-corrected chi connectivity index (χ3v) is 1.25. The van der Waals surface area contributed by atoms with E-state index in [2.05, 4.69) is 6.58 Å². The zero-order chi connectivity index (χ0) is 5.86. The molecule has 0 spiro atoms. The number of thioether (sulfide) groups is 1. The molecule has 0 aromatic rings. The molecule has 0 amide bonds. The highest BCUT2D eigenvalue weighted by atomic mass is 32.2. The lowest BCUT2D eigenvalue weighted by atomic mass is 10.4. The maximum Gasteiger partial charge on any atom is 0.214 e. The number of carbonyl (C=O) groups excluding carboxylic acids is 1. The fourth-order valence-electron chi connectivity index (χ4n) is 0.174. The molecule has 0 aliphatic carbocycles. The molecule has 0 heterocycles. The lowest BCUT2D eigenvalue weighted by Gasteiger charge is -1.87. The molecule has 0 atom stereocenters. The second-order valence-corrected chi connectivity index (χ2v) is 2.05. The summed E-state index contributed by atoms with van der Waals surface area (Å²) in [5.41, 5.74) is 0.618. The van der Waals surface area contributed by atoms with Gasteiger partial charge in [-0.05, 0) is 18.8 Å². The second kappa shape index (κ2) is 2.86. The lowest BCUT2D eigenvalue weighted by Crippen LogP contribution is -1.87. The predicted octanol–water partition coefficient (Wildman–Crippen LogP) is 1.45. The minimum absolute atomic E-state index is 0.0694. The van der Waals surface area contributed by atoms with E-state index in [0.29, 0.717) is 5.57 Å². The van der Waals surface area contributed by atoms with E-state index >= 15 is 0 Å². The average Bonchev–Trinajstić information content (AvgIpc) is 1.65. The Balaban J connectivity index is 3.58. The van der Waals surface area contributed by atoms with Gasteiger partial charge in [0, 0.05) is 0 Å². The smallest absolute Gasteiger partial charge is 0.214 e. The molecule has 0 saturated heterocycles. The van der Waals surface area contributed by atoms with Crippen molar-refractivity contribution in [3.63, 3.8) is 0 Å². The molecule has 2 heteroatoms. The van der Waals surface area contributed by atoms with E-state index in [0.717, 1.165) is 0 Å². The standard InChI is InChI=1S/C5H8OS/c1-4(2)5(6)7-3/h1H2,2-3H3. The summed E-state index contributed by atoms with van der Waals surface area (Å²) in [5, 5.41) is 0.0694. The molecule has 0 aliphatic heterocycles. The summed E-state index contributed by atoms with van der Waals surface area (Å²) in [5.74, 6) is 0. The Bertz CT molecular complexity index is 96.3. The third-order valence-electron chi connectivity index (χ3n) is 0.534. The van der Waals surface area contributed by atoms with Crippen LogP contribution in [0.3, 0.4) is 0 Å². The summed E-state index contributed by atoms with van der Waals surface area (Å²) in [6, 6.07) is 0. The van der Waals surface area contributed by atoms with Crippen molar-refractivity contribution in [3.05, 3.63) is 12.2 Å². The van der Waals surface area contributed by atoms with Crippen LogP contribution in [0.15, 0.2) is 12.2 Å². The van der Waals surface area contributed by atoms with Crippen molar-refractivity contribution >= 4 is 16.9 Å². The van der Waals surface area contributed by atoms with Crippen molar-refractivity contribution in [2.45, 2.75) is 6.92 Å². The van der Waals surface area contributed by atoms with E-state index in [4.69, 9.17) is 0 Å². The van der Waals surface area contributed by atoms with Gasteiger partial charge in [-0.3, -0.25) is 4.79 Å². The first-order chi connectivity index (χ1) is 3.18. The molecule has 0 aromatic heterocycles. The van der Waals surface area contributed by atoms with Gasteiger partial charge in [0.15, 0.2) is 0 Å². The molecule has 0 fully saturated rings. The number of hydrogen-bond donors (Lipinski definition) is 0. The van der Waals surface area contributed by atoms with Crippen LogP contribution in [0.25, 0.3) is 0 Å². The Morgan fingerprint density at radius 3 is 2.14 bits per heavy atom. The maximum absolute atomic E-state index is 10.4. The van der Waals surface area contributed by atoms with Gasteiger partial charge < -0.3 is 0 Å². The first-order valence-electron chi connectivity index (χ1n) is 1.92. The number of carbonyl (C=O) groups is 1. The van der Waals surface area contributed by atoms with E-state index < -0.39 is 0 Å². The Labute approximate surface area is 47.8 Å². The minimum Gasteiger partial charge on any atom is -0.282 e. The quantitative estimate of drug-likeness (QED) is 0.482. The van der Waals surface area contributed by atoms with Gasteiger partial charge in [0.2, 0.25) is 5.12 Å². The van der Waals surface area contributed by atoms with Gasteiger partial charge in [0.25, 0.3) is 0 Å². The Morgan fingerprint density at radius 1 is 1.71 bits per heavy atom. The molecule has 0 bridgehead atoms. The molecule has 1 nitrogen and oxygen atoms in total. The Kier molecular flexibility index (Phi) is 2.76. The van der Waals surface area contributed by atoms with Crippen molar-refractivity contribution in [2.75, 3.05) is 6.26 Å². The predicted molar refractivity (Wildman–Crippen MR) is 33.3 cm³/mol. The van der Waals surface area contributed by atoms with Gasteiger partial charge in [0.1, 0.15) is 0 Å². The molecular weight excluding hydrogens is 108 g/mol. The van der Waals surface area contributed by atoms with Crippen molar-refractivity contribution in [1.29, 1.82) is 0 Å². The van der Waals surface area contributed by atoms with Crippen LogP contribution in [0.1, 0.15) is 6.92 Å². The van der Waals surface area contributed by atoms with E-state index in [1.165, 1.54) is 11.8 Å². The Morgan fingerprint density at radius 2 is 2.14 bits per heavy atom. The van der Waals surface area contributed by atoms with Gasteiger partial charge in [-0.15, -0.1) is 0 Å². The number of hydrogen-bond acceptors (Lipinski definition) is 2. The van der Waals surface area contributed by atoms with Crippen LogP contribution in [0.5, 0.6) is 0 Å². The maximum atomic E-state index is 10.4. The molecule has 0 rings (SSSR count). The van der Waals surface area contributed by atoms with Crippen LogP contribution >= 0.6 is 11.8 Å². The monoisotopic (exact) mass is 116 g/mol. The zero-order valence-electron chi connectivity index (χ0n) is 4.52. The molecule has 40 valence electrons. The molecule has 0 saturated carbocycles. The van der Waals surface area contributed by atoms with E-state index in [1.807, 2.05) is 0 Å². The van der Waals surface area contributed by atoms with Crippen LogP contribution in [0.4, 0.5) is 0 Å². The third kappa shape index (κ3) is 2.45. The highest BCUT2D eigenvalue weighted by molar-refractivity contribution is 8.13. The van der Waals surface area contributed by atoms with Gasteiger partial charge >= 0.3 is 0 Å². The van der Waals surface area contributed by atoms with E-state index in [-0.39, 0.29) is 5.12 Å². The van der Waals surface area contributed by atoms with Gasteiger partial charge in [-0.1, -0.05) is 18.3 Å². The summed E-state index contributed by atoms with van der Waals surface area (Å²) < 4.78 is 0. The lowest BCUT2D eigenvalue weighted by molar-refractivity contribution is -0.107. The minimum atomic E-state index is 0.0694. The first-order valence-corrected chi connectivity index (χ1v) is 3.14. The van der Waals surface area contributed by atoms with Crippen molar-refractivity contribution < 1.29 is 4.79 Å². The summed E-state index contributed by atoms with van der Waals surface area (Å²) >= 11 is 1.19. The fraction of sp³-hybridized carbons (Fsp3) is 0.400. The van der Waals surface area contributed by atoms with Crippen LogP contribution < -0.4 is 0 Å². The van der Waals surface area contributed by atoms with Crippen molar-refractivity contribution in [2.24, 2.45) is 0 Å². The van der Waals surface area contributed by atoms with Crippen LogP contribution in [-0.4, -0.2) is 11.4 Å². The van der Waals surface area contributed by atoms with Gasteiger partial charge in [0.05, 0.1) is 0 Å². The second-order valence-electron chi connectivity index (χ2n) is 1.27. The van der Waals surface area contributed by atoms with E-state index in [1.54, 1.807) is 13.2 Å². The van der Waals surface area contributed by atoms with E-state index in [9.17, 15) is 4.79 Å². The summed E-state index contributed by atoms with van der Waals surface area (Å²) in [6.45, 7) is 5.16. The highest BCUT2D eigenvalue weighted by Crippen LogP contribution is 2.01. The molecule has 7 heavy (non-hydrogen) atoms. The van der Waals surface area contributed by atoms with Crippen LogP contribution in [-0.2, 0) is 4.79 Å². The van der Waals surface area contributed by atoms with Crippen LogP contribution in [0, 0.1) is 0 Å². The average molecular weight is 116 g/mol. The molecule has 0 aromatic carbocycles. The fourth-order valence-corrected chi connectivity index (χ4v) is 0.523. The van der Waals surface area contributed by atoms with Gasteiger partial charge in [-0.25, -0.2) is 0 Å². The number of rotatable bonds is 1. The van der Waals surface area contributed by atoms with Crippen molar-refractivity contribution in [1.82, 2.24) is 0 Å². The molecule has 0 aliphatic rings. The van der Waals surface area contributed by atoms with Gasteiger partial charge in [-0.2, -0.15) is 0 Å². The first kappa shape index (κ1) is 6.76. The largest absolute Gasteiger partial charge is 0.282 e. The van der Waals surface area contributed by atoms with Crippen LogP contribution in [0.2, 0.25) is 0 Å². The molecule has 0 radical (unpaired) electrons. The Hall–Kier alpha value is -0.240. The summed E-state index contributed by atoms with van der Waals surface area (Å²) in [7, 11) is 0. The molecule has 0 N–H and O–H groups in total.